The lowest BCUT2D eigenvalue weighted by Gasteiger charge is -2.24. The van der Waals surface area contributed by atoms with E-state index in [2.05, 4.69) is 0 Å². The largest absolute Gasteiger partial charge is 0.733 e. The van der Waals surface area contributed by atoms with E-state index >= 15 is 0 Å². The number of ether oxygens (including phenoxy) is 1. The van der Waals surface area contributed by atoms with Crippen LogP contribution in [0.3, 0.4) is 0 Å². The molecule has 2 rings (SSSR count). The third-order valence-electron chi connectivity index (χ3n) is 2.34. The first-order valence-corrected chi connectivity index (χ1v) is 5.68. The van der Waals surface area contributed by atoms with Crippen LogP contribution in [0.1, 0.15) is 10.4 Å². The van der Waals surface area contributed by atoms with Crippen LogP contribution < -0.4 is 9.96 Å². The van der Waals surface area contributed by atoms with Gasteiger partial charge in [-0.2, -0.15) is 0 Å². The maximum absolute atomic E-state index is 11.8. The predicted molar refractivity (Wildman–Crippen MR) is 70.5 cm³/mol. The van der Waals surface area contributed by atoms with Gasteiger partial charge in [0.25, 0.3) is 0 Å². The summed E-state index contributed by atoms with van der Waals surface area (Å²) in [6, 6.07) is 12.3. The van der Waals surface area contributed by atoms with E-state index in [-0.39, 0.29) is 16.5 Å². The maximum Gasteiger partial charge on any atom is 0.343 e. The average molecular weight is 279 g/mol. The first-order valence-electron chi connectivity index (χ1n) is 5.31. The number of nitrogens with zero attached hydrogens (tertiary/aromatic N) is 1. The van der Waals surface area contributed by atoms with Crippen molar-refractivity contribution >= 4 is 23.3 Å². The maximum atomic E-state index is 11.8. The first-order chi connectivity index (χ1) is 9.08. The van der Waals surface area contributed by atoms with Crippen LogP contribution in [0.25, 0.3) is 0 Å². The van der Waals surface area contributed by atoms with E-state index in [1.807, 2.05) is 0 Å². The molecule has 2 aromatic rings. The highest BCUT2D eigenvalue weighted by Gasteiger charge is 2.12. The number of rotatable bonds is 3. The summed E-state index contributed by atoms with van der Waals surface area (Å²) in [5.41, 5.74) is 0.0931. The Bertz CT molecular complexity index is 586. The highest BCUT2D eigenvalue weighted by atomic mass is 35.5. The average Bonchev–Trinajstić information content (AvgIpc) is 2.41. The fourth-order valence-electron chi connectivity index (χ4n) is 1.46. The van der Waals surface area contributed by atoms with Gasteiger partial charge in [-0.25, -0.2) is 4.79 Å². The molecule has 0 fully saturated rings. The molecule has 0 bridgehead atoms. The lowest BCUT2D eigenvalue weighted by Crippen LogP contribution is -2.13. The predicted octanol–water partition coefficient (Wildman–Crippen LogP) is 3.25. The third kappa shape index (κ3) is 3.23. The van der Waals surface area contributed by atoms with Gasteiger partial charge in [0, 0.05) is 5.02 Å². The number of hydrogen-bond acceptors (Lipinski definition) is 5. The Hall–Kier alpha value is -2.08. The minimum Gasteiger partial charge on any atom is -0.733 e. The standard InChI is InChI=1S/C13H9ClNO4/c14-10-6-7-12(11(8-10)15(17)18)19-13(16)9-4-2-1-3-5-9/h1-8,17H/q-1. The second-order valence-corrected chi connectivity index (χ2v) is 4.08. The first kappa shape index (κ1) is 13.4. The van der Waals surface area contributed by atoms with Crippen molar-refractivity contribution in [3.05, 3.63) is 64.3 Å². The molecule has 0 atom stereocenters. The molecule has 6 heteroatoms. The van der Waals surface area contributed by atoms with E-state index in [0.717, 1.165) is 0 Å². The molecule has 1 N–H and O–H groups in total. The molecule has 98 valence electrons. The summed E-state index contributed by atoms with van der Waals surface area (Å²) in [4.78, 5) is 11.8. The molecule has 0 heterocycles. The summed E-state index contributed by atoms with van der Waals surface area (Å²) in [6.45, 7) is 0. The Morgan fingerprint density at radius 3 is 2.53 bits per heavy atom. The lowest BCUT2D eigenvalue weighted by atomic mass is 10.2. The van der Waals surface area contributed by atoms with Crippen LogP contribution in [0.15, 0.2) is 48.5 Å². The summed E-state index contributed by atoms with van der Waals surface area (Å²) < 4.78 is 5.05. The molecule has 0 spiro atoms. The second-order valence-electron chi connectivity index (χ2n) is 3.64. The molecule has 19 heavy (non-hydrogen) atoms. The number of benzene rings is 2. The molecule has 5 nitrogen and oxygen atoms in total. The van der Waals surface area contributed by atoms with Gasteiger partial charge in [0.05, 0.1) is 11.3 Å². The summed E-state index contributed by atoms with van der Waals surface area (Å²) in [5.74, 6) is -0.707. The molecule has 0 amide bonds. The minimum atomic E-state index is -0.633. The minimum absolute atomic E-state index is 0.0734. The van der Waals surface area contributed by atoms with Crippen molar-refractivity contribution in [3.63, 3.8) is 0 Å². The van der Waals surface area contributed by atoms with Gasteiger partial charge in [0.2, 0.25) is 0 Å². The molecule has 0 aromatic heterocycles. The lowest BCUT2D eigenvalue weighted by molar-refractivity contribution is 0.0734. The van der Waals surface area contributed by atoms with Crippen molar-refractivity contribution in [2.24, 2.45) is 0 Å². The molecule has 0 aliphatic rings. The number of carbonyl (C=O) groups is 1. The normalized spacial score (nSPS) is 10.1. The monoisotopic (exact) mass is 278 g/mol. The molecule has 0 aliphatic carbocycles. The zero-order chi connectivity index (χ0) is 13.8. The van der Waals surface area contributed by atoms with Crippen LogP contribution in [-0.2, 0) is 0 Å². The smallest absolute Gasteiger partial charge is 0.343 e. The van der Waals surface area contributed by atoms with Gasteiger partial charge in [0.15, 0.2) is 5.75 Å². The Morgan fingerprint density at radius 1 is 1.21 bits per heavy atom. The van der Waals surface area contributed by atoms with Crippen molar-refractivity contribution in [1.82, 2.24) is 0 Å². The molecular weight excluding hydrogens is 270 g/mol. The van der Waals surface area contributed by atoms with Gasteiger partial charge >= 0.3 is 5.97 Å². The fourth-order valence-corrected chi connectivity index (χ4v) is 1.63. The number of anilines is 1. The number of halogens is 1. The SMILES string of the molecule is O=C(Oc1ccc(Cl)cc1N([O-])O)c1ccccc1. The number of esters is 1. The Morgan fingerprint density at radius 2 is 1.89 bits per heavy atom. The van der Waals surface area contributed by atoms with Gasteiger partial charge < -0.3 is 15.2 Å². The van der Waals surface area contributed by atoms with E-state index in [9.17, 15) is 10.0 Å². The van der Waals surface area contributed by atoms with Crippen LogP contribution in [0.4, 0.5) is 5.69 Å². The van der Waals surface area contributed by atoms with Gasteiger partial charge in [-0.1, -0.05) is 29.8 Å². The Kier molecular flexibility index (Phi) is 4.01. The Balaban J connectivity index is 2.27. The molecule has 0 saturated heterocycles. The molecule has 0 radical (unpaired) electrons. The van der Waals surface area contributed by atoms with Crippen LogP contribution in [0.2, 0.25) is 5.02 Å². The molecule has 0 unspecified atom stereocenters. The summed E-state index contributed by atoms with van der Waals surface area (Å²) in [7, 11) is 0. The summed E-state index contributed by atoms with van der Waals surface area (Å²) in [6.07, 6.45) is 0. The molecule has 2 aromatic carbocycles. The van der Waals surface area contributed by atoms with Gasteiger partial charge in [-0.05, 0) is 30.3 Å². The van der Waals surface area contributed by atoms with Gasteiger partial charge in [0.1, 0.15) is 0 Å². The quantitative estimate of drug-likeness (QED) is 0.530. The number of carbonyl (C=O) groups excluding carboxylic acids is 1. The summed E-state index contributed by atoms with van der Waals surface area (Å²) >= 11 is 5.70. The van der Waals surface area contributed by atoms with Gasteiger partial charge in [-0.3, -0.25) is 5.21 Å². The van der Waals surface area contributed by atoms with Crippen LogP contribution in [0.5, 0.6) is 5.75 Å². The van der Waals surface area contributed by atoms with Crippen molar-refractivity contribution in [1.29, 1.82) is 0 Å². The fraction of sp³-hybridized carbons (Fsp3) is 0. The van der Waals surface area contributed by atoms with E-state index in [0.29, 0.717) is 5.56 Å². The Labute approximate surface area is 114 Å². The van der Waals surface area contributed by atoms with Gasteiger partial charge in [-0.15, -0.1) is 0 Å². The van der Waals surface area contributed by atoms with Crippen molar-refractivity contribution in [3.8, 4) is 5.75 Å². The molecule has 0 saturated carbocycles. The highest BCUT2D eigenvalue weighted by Crippen LogP contribution is 2.30. The number of hydrogen-bond donors (Lipinski definition) is 1. The van der Waals surface area contributed by atoms with E-state index in [4.69, 9.17) is 21.5 Å². The van der Waals surface area contributed by atoms with Crippen molar-refractivity contribution < 1.29 is 14.7 Å². The van der Waals surface area contributed by atoms with Crippen molar-refractivity contribution in [2.45, 2.75) is 0 Å². The second kappa shape index (κ2) is 5.71. The molecule has 0 aliphatic heterocycles. The van der Waals surface area contributed by atoms with Crippen LogP contribution in [-0.4, -0.2) is 11.2 Å². The molecular formula is C13H9ClNO4-. The highest BCUT2D eigenvalue weighted by molar-refractivity contribution is 6.31. The van der Waals surface area contributed by atoms with E-state index in [1.165, 1.54) is 18.2 Å². The zero-order valence-corrected chi connectivity index (χ0v) is 10.4. The van der Waals surface area contributed by atoms with Crippen molar-refractivity contribution in [2.75, 3.05) is 5.23 Å². The third-order valence-corrected chi connectivity index (χ3v) is 2.57. The van der Waals surface area contributed by atoms with E-state index < -0.39 is 11.2 Å². The van der Waals surface area contributed by atoms with E-state index in [1.54, 1.807) is 30.3 Å². The van der Waals surface area contributed by atoms with Crippen LogP contribution >= 0.6 is 11.6 Å². The summed E-state index contributed by atoms with van der Waals surface area (Å²) in [5, 5.41) is 19.7. The zero-order valence-electron chi connectivity index (χ0n) is 9.62. The van der Waals surface area contributed by atoms with Crippen LogP contribution in [0, 0.1) is 5.21 Å². The topological polar surface area (TPSA) is 72.8 Å².